The molecule has 1 heterocycles. The van der Waals surface area contributed by atoms with Gasteiger partial charge in [-0.15, -0.1) is 0 Å². The Balaban J connectivity index is 1.97. The largest absolute Gasteiger partial charge is 0.379 e. The van der Waals surface area contributed by atoms with E-state index in [0.29, 0.717) is 24.8 Å². The number of rotatable bonds is 6. The number of amides is 1. The van der Waals surface area contributed by atoms with Crippen LogP contribution in [0.5, 0.6) is 0 Å². The van der Waals surface area contributed by atoms with Gasteiger partial charge in [-0.2, -0.15) is 0 Å². The molecular weight excluding hydrogens is 288 g/mol. The van der Waals surface area contributed by atoms with Crippen LogP contribution in [0.3, 0.4) is 0 Å². The van der Waals surface area contributed by atoms with Crippen LogP contribution in [0.1, 0.15) is 18.9 Å². The summed E-state index contributed by atoms with van der Waals surface area (Å²) in [6.45, 7) is 4.65. The van der Waals surface area contributed by atoms with E-state index in [1.807, 2.05) is 31.3 Å². The molecule has 1 aromatic rings. The second kappa shape index (κ2) is 7.78. The highest BCUT2D eigenvalue weighted by molar-refractivity contribution is 6.31. The van der Waals surface area contributed by atoms with Crippen molar-refractivity contribution in [1.29, 1.82) is 0 Å². The van der Waals surface area contributed by atoms with E-state index in [4.69, 9.17) is 16.3 Å². The van der Waals surface area contributed by atoms with Crippen LogP contribution >= 0.6 is 11.6 Å². The first-order valence-electron chi connectivity index (χ1n) is 7.43. The molecule has 1 aromatic carbocycles. The van der Waals surface area contributed by atoms with Crippen LogP contribution < -0.4 is 5.32 Å². The number of hydrogen-bond acceptors (Lipinski definition) is 3. The lowest BCUT2D eigenvalue weighted by Gasteiger charge is -2.25. The zero-order chi connectivity index (χ0) is 15.2. The molecule has 0 radical (unpaired) electrons. The van der Waals surface area contributed by atoms with E-state index in [2.05, 4.69) is 12.2 Å². The molecule has 2 unspecified atom stereocenters. The first-order valence-corrected chi connectivity index (χ1v) is 7.80. The molecule has 0 saturated carbocycles. The molecule has 1 saturated heterocycles. The van der Waals surface area contributed by atoms with Crippen molar-refractivity contribution in [1.82, 2.24) is 10.2 Å². The van der Waals surface area contributed by atoms with Crippen molar-refractivity contribution in [3.63, 3.8) is 0 Å². The van der Waals surface area contributed by atoms with Crippen LogP contribution in [0.15, 0.2) is 24.3 Å². The van der Waals surface area contributed by atoms with Gasteiger partial charge in [0.15, 0.2) is 0 Å². The van der Waals surface area contributed by atoms with Gasteiger partial charge in [-0.05, 0) is 24.6 Å². The van der Waals surface area contributed by atoms with Gasteiger partial charge in [0.1, 0.15) is 0 Å². The lowest BCUT2D eigenvalue weighted by Crippen LogP contribution is -2.44. The van der Waals surface area contributed by atoms with Crippen molar-refractivity contribution >= 4 is 17.5 Å². The molecule has 1 amide bonds. The van der Waals surface area contributed by atoms with Gasteiger partial charge < -0.3 is 15.0 Å². The van der Waals surface area contributed by atoms with Gasteiger partial charge >= 0.3 is 0 Å². The molecule has 4 nitrogen and oxygen atoms in total. The lowest BCUT2D eigenvalue weighted by atomic mass is 10.0. The van der Waals surface area contributed by atoms with Crippen LogP contribution in [0.25, 0.3) is 0 Å². The summed E-state index contributed by atoms with van der Waals surface area (Å²) in [6.07, 6.45) is 1.05. The van der Waals surface area contributed by atoms with E-state index < -0.39 is 0 Å². The Morgan fingerprint density at radius 2 is 2.19 bits per heavy atom. The first kappa shape index (κ1) is 16.3. The number of carbonyl (C=O) groups is 1. The number of hydrogen-bond donors (Lipinski definition) is 1. The van der Waals surface area contributed by atoms with E-state index in [1.54, 1.807) is 4.90 Å². The highest BCUT2D eigenvalue weighted by atomic mass is 35.5. The summed E-state index contributed by atoms with van der Waals surface area (Å²) in [5, 5.41) is 4.09. The molecule has 2 atom stereocenters. The molecule has 1 fully saturated rings. The molecule has 1 aliphatic rings. The highest BCUT2D eigenvalue weighted by Gasteiger charge is 2.35. The fourth-order valence-electron chi connectivity index (χ4n) is 2.57. The van der Waals surface area contributed by atoms with Gasteiger partial charge in [0.2, 0.25) is 5.91 Å². The predicted octanol–water partition coefficient (Wildman–Crippen LogP) is 2.31. The monoisotopic (exact) mass is 310 g/mol. The second-order valence-electron chi connectivity index (χ2n) is 5.49. The van der Waals surface area contributed by atoms with Crippen molar-refractivity contribution < 1.29 is 9.53 Å². The average Bonchev–Trinajstić information content (AvgIpc) is 2.95. The molecule has 5 heteroatoms. The average molecular weight is 311 g/mol. The quantitative estimate of drug-likeness (QED) is 0.876. The molecular formula is C16H23ClN2O2. The Bertz CT molecular complexity index is 481. The molecule has 0 aliphatic carbocycles. The number of ether oxygens (including phenoxy) is 1. The zero-order valence-corrected chi connectivity index (χ0v) is 13.4. The van der Waals surface area contributed by atoms with Crippen molar-refractivity contribution in [2.24, 2.45) is 5.92 Å². The Morgan fingerprint density at radius 1 is 1.43 bits per heavy atom. The lowest BCUT2D eigenvalue weighted by molar-refractivity contribution is -0.135. The Morgan fingerprint density at radius 3 is 2.90 bits per heavy atom. The van der Waals surface area contributed by atoms with Crippen LogP contribution in [-0.4, -0.2) is 43.7 Å². The fourth-order valence-corrected chi connectivity index (χ4v) is 2.77. The maximum atomic E-state index is 12.6. The second-order valence-corrected chi connectivity index (χ2v) is 5.90. The van der Waals surface area contributed by atoms with E-state index in [-0.39, 0.29) is 17.9 Å². The summed E-state index contributed by atoms with van der Waals surface area (Å²) in [5.74, 6) is 0.00469. The molecule has 1 aliphatic heterocycles. The summed E-state index contributed by atoms with van der Waals surface area (Å²) in [5.41, 5.74) is 0.965. The summed E-state index contributed by atoms with van der Waals surface area (Å²) in [7, 11) is 1.82. The molecule has 2 rings (SSSR count). The maximum absolute atomic E-state index is 12.6. The van der Waals surface area contributed by atoms with Crippen molar-refractivity contribution in [2.75, 3.05) is 26.8 Å². The Labute approximate surface area is 131 Å². The normalized spacial score (nSPS) is 21.5. The molecule has 0 bridgehead atoms. The summed E-state index contributed by atoms with van der Waals surface area (Å²) >= 11 is 6.15. The van der Waals surface area contributed by atoms with Crippen LogP contribution in [-0.2, 0) is 16.1 Å². The molecule has 1 N–H and O–H groups in total. The minimum Gasteiger partial charge on any atom is -0.379 e. The first-order chi connectivity index (χ1) is 10.1. The van der Waals surface area contributed by atoms with Gasteiger partial charge in [0.05, 0.1) is 19.1 Å². The van der Waals surface area contributed by atoms with Crippen LogP contribution in [0, 0.1) is 5.92 Å². The van der Waals surface area contributed by atoms with Crippen LogP contribution in [0.2, 0.25) is 5.02 Å². The summed E-state index contributed by atoms with van der Waals surface area (Å²) in [4.78, 5) is 14.3. The Kier molecular flexibility index (Phi) is 6.03. The Hall–Kier alpha value is -1.10. The number of benzene rings is 1. The van der Waals surface area contributed by atoms with Crippen molar-refractivity contribution in [3.8, 4) is 0 Å². The summed E-state index contributed by atoms with van der Waals surface area (Å²) < 4.78 is 5.48. The summed E-state index contributed by atoms with van der Waals surface area (Å²) in [6, 6.07) is 7.74. The third-order valence-corrected chi connectivity index (χ3v) is 4.16. The molecule has 116 valence electrons. The van der Waals surface area contributed by atoms with Gasteiger partial charge in [-0.3, -0.25) is 4.79 Å². The minimum absolute atomic E-state index is 0.107. The molecule has 0 aromatic heterocycles. The van der Waals surface area contributed by atoms with Crippen LogP contribution in [0.4, 0.5) is 0 Å². The smallest absolute Gasteiger partial charge is 0.229 e. The number of halogens is 1. The minimum atomic E-state index is -0.107. The predicted molar refractivity (Wildman–Crippen MR) is 84.3 cm³/mol. The highest BCUT2D eigenvalue weighted by Crippen LogP contribution is 2.20. The SMILES string of the molecule is CCCNC1COCC1C(=O)N(C)Cc1ccccc1Cl. The maximum Gasteiger partial charge on any atom is 0.229 e. The van der Waals surface area contributed by atoms with E-state index in [1.165, 1.54) is 0 Å². The standard InChI is InChI=1S/C16H23ClN2O2/c1-3-8-18-15-11-21-10-13(15)16(20)19(2)9-12-6-4-5-7-14(12)17/h4-7,13,15,18H,3,8-11H2,1-2H3. The third kappa shape index (κ3) is 4.19. The molecule has 0 spiro atoms. The molecule has 21 heavy (non-hydrogen) atoms. The van der Waals surface area contributed by atoms with E-state index >= 15 is 0 Å². The number of nitrogens with one attached hydrogen (secondary N) is 1. The number of carbonyl (C=O) groups excluding carboxylic acids is 1. The topological polar surface area (TPSA) is 41.6 Å². The third-order valence-electron chi connectivity index (χ3n) is 3.80. The number of nitrogens with zero attached hydrogens (tertiary/aromatic N) is 1. The van der Waals surface area contributed by atoms with Crippen molar-refractivity contribution in [2.45, 2.75) is 25.9 Å². The van der Waals surface area contributed by atoms with Crippen molar-refractivity contribution in [3.05, 3.63) is 34.9 Å². The fraction of sp³-hybridized carbons (Fsp3) is 0.562. The van der Waals surface area contributed by atoms with Gasteiger partial charge in [-0.1, -0.05) is 36.7 Å². The zero-order valence-electron chi connectivity index (χ0n) is 12.6. The van der Waals surface area contributed by atoms with Gasteiger partial charge in [0, 0.05) is 24.7 Å². The van der Waals surface area contributed by atoms with Gasteiger partial charge in [-0.25, -0.2) is 0 Å². The van der Waals surface area contributed by atoms with E-state index in [9.17, 15) is 4.79 Å². The van der Waals surface area contributed by atoms with Gasteiger partial charge in [0.25, 0.3) is 0 Å². The van der Waals surface area contributed by atoms with E-state index in [0.717, 1.165) is 18.5 Å².